The van der Waals surface area contributed by atoms with E-state index in [9.17, 15) is 0 Å². The number of nitriles is 1. The van der Waals surface area contributed by atoms with Crippen molar-refractivity contribution >= 4 is 0 Å². The average molecular weight is 196 g/mol. The van der Waals surface area contributed by atoms with E-state index in [4.69, 9.17) is 11.0 Å². The Balaban J connectivity index is 2.48. The summed E-state index contributed by atoms with van der Waals surface area (Å²) in [6, 6.07) is 1.72. The van der Waals surface area contributed by atoms with Crippen LogP contribution in [0.15, 0.2) is 0 Å². The molecule has 14 heavy (non-hydrogen) atoms. The third kappa shape index (κ3) is 2.68. The first-order valence-electron chi connectivity index (χ1n) is 5.04. The number of likely N-dealkylation sites (N-methyl/N-ethyl adjacent to an activating group) is 1. The topological polar surface area (TPSA) is 56.3 Å². The van der Waals surface area contributed by atoms with E-state index in [0.29, 0.717) is 6.54 Å². The van der Waals surface area contributed by atoms with Crippen molar-refractivity contribution in [3.05, 3.63) is 0 Å². The Morgan fingerprint density at radius 2 is 2.14 bits per heavy atom. The fourth-order valence-electron chi connectivity index (χ4n) is 1.82. The van der Waals surface area contributed by atoms with Crippen molar-refractivity contribution in [2.75, 3.05) is 33.2 Å². The SMILES string of the molecule is CN1CCN(CC(N)C#N)CC1(C)C. The normalized spacial score (nSPS) is 25.6. The van der Waals surface area contributed by atoms with Crippen LogP contribution in [-0.2, 0) is 0 Å². The number of piperazine rings is 1. The molecule has 1 heterocycles. The van der Waals surface area contributed by atoms with E-state index in [0.717, 1.165) is 19.6 Å². The molecule has 4 heteroatoms. The van der Waals surface area contributed by atoms with Gasteiger partial charge in [0.25, 0.3) is 0 Å². The summed E-state index contributed by atoms with van der Waals surface area (Å²) < 4.78 is 0. The van der Waals surface area contributed by atoms with Crippen LogP contribution in [0.1, 0.15) is 13.8 Å². The number of rotatable bonds is 2. The van der Waals surface area contributed by atoms with Crippen LogP contribution in [0.4, 0.5) is 0 Å². The monoisotopic (exact) mass is 196 g/mol. The Morgan fingerprint density at radius 3 is 2.64 bits per heavy atom. The van der Waals surface area contributed by atoms with Crippen LogP contribution in [0, 0.1) is 11.3 Å². The van der Waals surface area contributed by atoms with Gasteiger partial charge in [0.15, 0.2) is 0 Å². The highest BCUT2D eigenvalue weighted by molar-refractivity contribution is 4.94. The lowest BCUT2D eigenvalue weighted by molar-refractivity contribution is 0.0394. The summed E-state index contributed by atoms with van der Waals surface area (Å²) in [7, 11) is 2.14. The minimum atomic E-state index is -0.353. The zero-order valence-electron chi connectivity index (χ0n) is 9.32. The molecular formula is C10H20N4. The Kier molecular flexibility index (Phi) is 3.48. The minimum absolute atomic E-state index is 0.188. The van der Waals surface area contributed by atoms with Crippen LogP contribution in [0.2, 0.25) is 0 Å². The van der Waals surface area contributed by atoms with E-state index >= 15 is 0 Å². The lowest BCUT2D eigenvalue weighted by Crippen LogP contribution is -2.59. The van der Waals surface area contributed by atoms with Gasteiger partial charge >= 0.3 is 0 Å². The van der Waals surface area contributed by atoms with Crippen molar-refractivity contribution in [1.82, 2.24) is 9.80 Å². The smallest absolute Gasteiger partial charge is 0.106 e. The van der Waals surface area contributed by atoms with Gasteiger partial charge in [0.05, 0.1) is 6.07 Å². The molecule has 1 aliphatic rings. The van der Waals surface area contributed by atoms with E-state index in [1.807, 2.05) is 0 Å². The summed E-state index contributed by atoms with van der Waals surface area (Å²) in [4.78, 5) is 4.62. The summed E-state index contributed by atoms with van der Waals surface area (Å²) in [5, 5.41) is 8.64. The highest BCUT2D eigenvalue weighted by atomic mass is 15.3. The van der Waals surface area contributed by atoms with Crippen molar-refractivity contribution in [3.8, 4) is 6.07 Å². The largest absolute Gasteiger partial charge is 0.315 e. The molecular weight excluding hydrogens is 176 g/mol. The number of hydrogen-bond donors (Lipinski definition) is 1. The van der Waals surface area contributed by atoms with E-state index in [1.165, 1.54) is 0 Å². The third-order valence-electron chi connectivity index (χ3n) is 3.02. The first-order valence-corrected chi connectivity index (χ1v) is 5.04. The molecule has 0 saturated carbocycles. The molecule has 0 aromatic heterocycles. The van der Waals surface area contributed by atoms with E-state index in [1.54, 1.807) is 0 Å². The maximum Gasteiger partial charge on any atom is 0.106 e. The van der Waals surface area contributed by atoms with Gasteiger partial charge in [-0.15, -0.1) is 0 Å². The highest BCUT2D eigenvalue weighted by Crippen LogP contribution is 2.18. The summed E-state index contributed by atoms with van der Waals surface area (Å²) in [6.07, 6.45) is 0. The van der Waals surface area contributed by atoms with Crippen LogP contribution in [0.5, 0.6) is 0 Å². The van der Waals surface area contributed by atoms with Crippen LogP contribution in [0.25, 0.3) is 0 Å². The first kappa shape index (κ1) is 11.4. The van der Waals surface area contributed by atoms with E-state index < -0.39 is 0 Å². The van der Waals surface area contributed by atoms with E-state index in [2.05, 4.69) is 36.8 Å². The molecule has 80 valence electrons. The molecule has 0 aliphatic carbocycles. The fraction of sp³-hybridized carbons (Fsp3) is 0.900. The molecule has 0 aromatic rings. The molecule has 1 atom stereocenters. The molecule has 1 saturated heterocycles. The van der Waals surface area contributed by atoms with E-state index in [-0.39, 0.29) is 11.6 Å². The molecule has 0 amide bonds. The molecule has 1 rings (SSSR count). The standard InChI is InChI=1S/C10H20N4/c1-10(2)8-14(5-4-13(10)3)7-9(12)6-11/h9H,4-5,7-8,12H2,1-3H3. The number of nitrogens with zero attached hydrogens (tertiary/aromatic N) is 3. The van der Waals surface area contributed by atoms with Gasteiger partial charge in [-0.25, -0.2) is 0 Å². The highest BCUT2D eigenvalue weighted by Gasteiger charge is 2.31. The molecule has 2 N–H and O–H groups in total. The predicted octanol–water partition coefficient (Wildman–Crippen LogP) is -0.137. The van der Waals surface area contributed by atoms with Crippen LogP contribution in [-0.4, -0.2) is 54.6 Å². The van der Waals surface area contributed by atoms with Gasteiger partial charge in [0.1, 0.15) is 6.04 Å². The minimum Gasteiger partial charge on any atom is -0.315 e. The molecule has 0 aromatic carbocycles. The molecule has 4 nitrogen and oxygen atoms in total. The van der Waals surface area contributed by atoms with Crippen molar-refractivity contribution in [2.45, 2.75) is 25.4 Å². The Labute approximate surface area is 86.3 Å². The Hall–Kier alpha value is -0.630. The quantitative estimate of drug-likeness (QED) is 0.668. The van der Waals surface area contributed by atoms with Crippen LogP contribution in [0.3, 0.4) is 0 Å². The van der Waals surface area contributed by atoms with Crippen molar-refractivity contribution in [3.63, 3.8) is 0 Å². The summed E-state index contributed by atoms with van der Waals surface area (Å²) >= 11 is 0. The second-order valence-corrected chi connectivity index (χ2v) is 4.70. The number of nitrogens with two attached hydrogens (primary N) is 1. The zero-order valence-corrected chi connectivity index (χ0v) is 9.32. The van der Waals surface area contributed by atoms with Crippen molar-refractivity contribution in [2.24, 2.45) is 5.73 Å². The first-order chi connectivity index (χ1) is 6.45. The second kappa shape index (κ2) is 4.26. The van der Waals surface area contributed by atoms with Gasteiger partial charge in [0, 0.05) is 31.7 Å². The summed E-state index contributed by atoms with van der Waals surface area (Å²) in [6.45, 7) is 8.17. The molecule has 0 radical (unpaired) electrons. The van der Waals surface area contributed by atoms with Crippen LogP contribution < -0.4 is 5.73 Å². The zero-order chi connectivity index (χ0) is 10.8. The van der Waals surface area contributed by atoms with Crippen LogP contribution >= 0.6 is 0 Å². The Morgan fingerprint density at radius 1 is 1.50 bits per heavy atom. The van der Waals surface area contributed by atoms with Gasteiger partial charge in [-0.2, -0.15) is 5.26 Å². The van der Waals surface area contributed by atoms with Gasteiger partial charge in [-0.05, 0) is 20.9 Å². The maximum absolute atomic E-state index is 8.64. The molecule has 1 aliphatic heterocycles. The lowest BCUT2D eigenvalue weighted by atomic mass is 9.99. The molecule has 0 spiro atoms. The summed E-state index contributed by atoms with van der Waals surface area (Å²) in [5.74, 6) is 0. The average Bonchev–Trinajstić information content (AvgIpc) is 2.11. The van der Waals surface area contributed by atoms with Gasteiger partial charge in [0.2, 0.25) is 0 Å². The maximum atomic E-state index is 8.64. The summed E-state index contributed by atoms with van der Waals surface area (Å²) in [5.41, 5.74) is 5.80. The van der Waals surface area contributed by atoms with Gasteiger partial charge in [-0.1, -0.05) is 0 Å². The lowest BCUT2D eigenvalue weighted by Gasteiger charge is -2.45. The predicted molar refractivity (Wildman–Crippen MR) is 56.7 cm³/mol. The van der Waals surface area contributed by atoms with Gasteiger partial charge < -0.3 is 5.73 Å². The van der Waals surface area contributed by atoms with Gasteiger partial charge in [-0.3, -0.25) is 9.80 Å². The molecule has 1 fully saturated rings. The fourth-order valence-corrected chi connectivity index (χ4v) is 1.82. The van der Waals surface area contributed by atoms with Crippen molar-refractivity contribution in [1.29, 1.82) is 5.26 Å². The molecule has 0 bridgehead atoms. The second-order valence-electron chi connectivity index (χ2n) is 4.70. The molecule has 1 unspecified atom stereocenters. The van der Waals surface area contributed by atoms with Crippen molar-refractivity contribution < 1.29 is 0 Å². The number of hydrogen-bond acceptors (Lipinski definition) is 4. The Bertz CT molecular complexity index is 231. The third-order valence-corrected chi connectivity index (χ3v) is 3.02.